The third-order valence-electron chi connectivity index (χ3n) is 6.85. The molecule has 0 unspecified atom stereocenters. The third kappa shape index (κ3) is 7.73. The van der Waals surface area contributed by atoms with Gasteiger partial charge in [0.05, 0.1) is 6.42 Å². The normalized spacial score (nSPS) is 14.7. The predicted octanol–water partition coefficient (Wildman–Crippen LogP) is 7.28. The maximum absolute atomic E-state index is 13.9. The predicted molar refractivity (Wildman–Crippen MR) is 151 cm³/mol. The number of hydrogen-bond donors (Lipinski definition) is 1. The molecule has 37 heavy (non-hydrogen) atoms. The van der Waals surface area contributed by atoms with Gasteiger partial charge in [-0.2, -0.15) is 0 Å². The van der Waals surface area contributed by atoms with E-state index in [1.165, 1.54) is 6.42 Å². The maximum Gasteiger partial charge on any atom is 0.243 e. The summed E-state index contributed by atoms with van der Waals surface area (Å²) in [6.07, 6.45) is 5.69. The van der Waals surface area contributed by atoms with Crippen LogP contribution in [0.4, 0.5) is 0 Å². The Bertz CT molecular complexity index is 1190. The minimum absolute atomic E-state index is 0.0128. The van der Waals surface area contributed by atoms with E-state index in [4.69, 9.17) is 34.8 Å². The summed E-state index contributed by atoms with van der Waals surface area (Å²) < 4.78 is 0. The summed E-state index contributed by atoms with van der Waals surface area (Å²) >= 11 is 19.1. The van der Waals surface area contributed by atoms with Gasteiger partial charge in [-0.3, -0.25) is 9.59 Å². The van der Waals surface area contributed by atoms with Crippen LogP contribution in [0.15, 0.2) is 72.8 Å². The Kier molecular flexibility index (Phi) is 9.90. The Balaban J connectivity index is 1.68. The van der Waals surface area contributed by atoms with Crippen molar-refractivity contribution in [2.24, 2.45) is 0 Å². The molecule has 0 radical (unpaired) electrons. The second-order valence-electron chi connectivity index (χ2n) is 9.58. The molecular formula is C30H31Cl3N2O2. The second kappa shape index (κ2) is 13.3. The molecule has 0 aromatic heterocycles. The maximum atomic E-state index is 13.9. The number of hydrogen-bond acceptors (Lipinski definition) is 2. The van der Waals surface area contributed by atoms with E-state index in [1.807, 2.05) is 48.5 Å². The fourth-order valence-corrected chi connectivity index (χ4v) is 5.63. The van der Waals surface area contributed by atoms with Crippen molar-refractivity contribution in [2.75, 3.05) is 0 Å². The molecule has 0 saturated heterocycles. The molecule has 194 valence electrons. The summed E-state index contributed by atoms with van der Waals surface area (Å²) in [7, 11) is 0. The van der Waals surface area contributed by atoms with Crippen molar-refractivity contribution in [3.8, 4) is 0 Å². The molecule has 0 aliphatic heterocycles. The molecule has 0 bridgehead atoms. The molecule has 1 aliphatic rings. The first-order valence-electron chi connectivity index (χ1n) is 12.7. The number of amides is 2. The van der Waals surface area contributed by atoms with Crippen LogP contribution in [0.25, 0.3) is 0 Å². The molecule has 0 heterocycles. The van der Waals surface area contributed by atoms with Crippen molar-refractivity contribution in [3.05, 3.63) is 105 Å². The number of nitrogens with one attached hydrogen (secondary N) is 1. The fraction of sp³-hybridized carbons (Fsp3) is 0.333. The van der Waals surface area contributed by atoms with E-state index in [1.54, 1.807) is 29.2 Å². The van der Waals surface area contributed by atoms with E-state index in [0.717, 1.165) is 36.8 Å². The van der Waals surface area contributed by atoms with Crippen molar-refractivity contribution in [2.45, 2.75) is 63.6 Å². The number of carbonyl (C=O) groups is 2. The van der Waals surface area contributed by atoms with Gasteiger partial charge in [-0.25, -0.2) is 0 Å². The largest absolute Gasteiger partial charge is 0.352 e. The second-order valence-corrected chi connectivity index (χ2v) is 10.8. The van der Waals surface area contributed by atoms with Gasteiger partial charge >= 0.3 is 0 Å². The molecule has 0 spiro atoms. The van der Waals surface area contributed by atoms with Crippen molar-refractivity contribution < 1.29 is 9.59 Å². The van der Waals surface area contributed by atoms with Gasteiger partial charge < -0.3 is 10.2 Å². The van der Waals surface area contributed by atoms with Crippen LogP contribution < -0.4 is 5.32 Å². The molecule has 1 atom stereocenters. The van der Waals surface area contributed by atoms with Gasteiger partial charge in [-0.05, 0) is 53.8 Å². The van der Waals surface area contributed by atoms with Crippen LogP contribution in [0.1, 0.15) is 48.8 Å². The minimum Gasteiger partial charge on any atom is -0.352 e. The van der Waals surface area contributed by atoms with Crippen molar-refractivity contribution >= 4 is 46.6 Å². The number of nitrogens with zero attached hydrogens (tertiary/aromatic N) is 1. The SMILES string of the molecule is O=C(NC1CCCCC1)[C@@H](Cc1ccccc1)N(Cc1cccc(Cl)c1)C(=O)Cc1c(Cl)cccc1Cl. The third-order valence-corrected chi connectivity index (χ3v) is 7.80. The van der Waals surface area contributed by atoms with E-state index in [-0.39, 0.29) is 30.8 Å². The molecule has 1 saturated carbocycles. The Hall–Kier alpha value is -2.53. The highest BCUT2D eigenvalue weighted by Crippen LogP contribution is 2.27. The van der Waals surface area contributed by atoms with Gasteiger partial charge in [0.2, 0.25) is 11.8 Å². The summed E-state index contributed by atoms with van der Waals surface area (Å²) in [6, 6.07) is 21.7. The summed E-state index contributed by atoms with van der Waals surface area (Å²) in [6.45, 7) is 0.233. The van der Waals surface area contributed by atoms with E-state index in [0.29, 0.717) is 27.1 Å². The van der Waals surface area contributed by atoms with Gasteiger partial charge in [0, 0.05) is 34.1 Å². The molecule has 2 amide bonds. The van der Waals surface area contributed by atoms with Gasteiger partial charge in [0.25, 0.3) is 0 Å². The lowest BCUT2D eigenvalue weighted by molar-refractivity contribution is -0.141. The lowest BCUT2D eigenvalue weighted by Gasteiger charge is -2.33. The zero-order valence-corrected chi connectivity index (χ0v) is 22.9. The molecule has 4 rings (SSSR count). The van der Waals surface area contributed by atoms with E-state index in [9.17, 15) is 9.59 Å². The van der Waals surface area contributed by atoms with Gasteiger partial charge in [-0.15, -0.1) is 0 Å². The Morgan fingerprint density at radius 1 is 0.838 bits per heavy atom. The van der Waals surface area contributed by atoms with Crippen LogP contribution in [-0.4, -0.2) is 28.8 Å². The number of benzene rings is 3. The van der Waals surface area contributed by atoms with Gasteiger partial charge in [-0.1, -0.05) is 103 Å². The molecule has 1 N–H and O–H groups in total. The van der Waals surface area contributed by atoms with Crippen LogP contribution in [0.2, 0.25) is 15.1 Å². The summed E-state index contributed by atoms with van der Waals surface area (Å²) in [4.78, 5) is 29.4. The Labute approximate surface area is 233 Å². The van der Waals surface area contributed by atoms with Crippen molar-refractivity contribution in [3.63, 3.8) is 0 Å². The molecule has 1 aliphatic carbocycles. The average molecular weight is 558 g/mol. The van der Waals surface area contributed by atoms with Crippen LogP contribution in [0.3, 0.4) is 0 Å². The van der Waals surface area contributed by atoms with Crippen LogP contribution in [0.5, 0.6) is 0 Å². The summed E-state index contributed by atoms with van der Waals surface area (Å²) in [5.41, 5.74) is 2.37. The van der Waals surface area contributed by atoms with E-state index < -0.39 is 6.04 Å². The first-order valence-corrected chi connectivity index (χ1v) is 13.8. The van der Waals surface area contributed by atoms with Crippen LogP contribution in [-0.2, 0) is 29.0 Å². The zero-order chi connectivity index (χ0) is 26.2. The molecule has 4 nitrogen and oxygen atoms in total. The van der Waals surface area contributed by atoms with Gasteiger partial charge in [0.1, 0.15) is 6.04 Å². The van der Waals surface area contributed by atoms with E-state index >= 15 is 0 Å². The summed E-state index contributed by atoms with van der Waals surface area (Å²) in [5.74, 6) is -0.369. The molecule has 3 aromatic carbocycles. The highest BCUT2D eigenvalue weighted by Gasteiger charge is 2.32. The quantitative estimate of drug-likeness (QED) is 0.301. The smallest absolute Gasteiger partial charge is 0.243 e. The summed E-state index contributed by atoms with van der Waals surface area (Å²) in [5, 5.41) is 4.67. The number of halogens is 3. The lowest BCUT2D eigenvalue weighted by atomic mass is 9.94. The van der Waals surface area contributed by atoms with Crippen LogP contribution >= 0.6 is 34.8 Å². The standard InChI is InChI=1S/C30H31Cl3N2O2/c31-23-12-7-11-22(17-23)20-35(29(36)19-25-26(32)15-8-16-27(25)33)28(18-21-9-3-1-4-10-21)30(37)34-24-13-5-2-6-14-24/h1,3-4,7-12,15-17,24,28H,2,5-6,13-14,18-20H2,(H,34,37)/t28-/m1/s1. The van der Waals surface area contributed by atoms with Crippen molar-refractivity contribution in [1.29, 1.82) is 0 Å². The minimum atomic E-state index is -0.711. The molecular weight excluding hydrogens is 527 g/mol. The van der Waals surface area contributed by atoms with Gasteiger partial charge in [0.15, 0.2) is 0 Å². The van der Waals surface area contributed by atoms with E-state index in [2.05, 4.69) is 5.32 Å². The average Bonchev–Trinajstić information content (AvgIpc) is 2.89. The molecule has 1 fully saturated rings. The fourth-order valence-electron chi connectivity index (χ4n) is 4.88. The molecule has 3 aromatic rings. The lowest BCUT2D eigenvalue weighted by Crippen LogP contribution is -2.53. The Morgan fingerprint density at radius 3 is 2.16 bits per heavy atom. The number of rotatable bonds is 9. The topological polar surface area (TPSA) is 49.4 Å². The molecule has 7 heteroatoms. The first-order chi connectivity index (χ1) is 17.9. The van der Waals surface area contributed by atoms with Crippen molar-refractivity contribution in [1.82, 2.24) is 10.2 Å². The highest BCUT2D eigenvalue weighted by molar-refractivity contribution is 6.36. The number of carbonyl (C=O) groups excluding carboxylic acids is 2. The first kappa shape index (κ1) is 27.5. The zero-order valence-electron chi connectivity index (χ0n) is 20.6. The monoisotopic (exact) mass is 556 g/mol. The highest BCUT2D eigenvalue weighted by atomic mass is 35.5. The van der Waals surface area contributed by atoms with Crippen LogP contribution in [0, 0.1) is 0 Å². The Morgan fingerprint density at radius 2 is 1.49 bits per heavy atom.